The van der Waals surface area contributed by atoms with Gasteiger partial charge in [-0.3, -0.25) is 4.79 Å². The van der Waals surface area contributed by atoms with Gasteiger partial charge >= 0.3 is 0 Å². The molecule has 1 heterocycles. The minimum Gasteiger partial charge on any atom is -0.345 e. The number of amides is 1. The van der Waals surface area contributed by atoms with Crippen molar-refractivity contribution < 1.29 is 4.79 Å². The molecule has 4 heteroatoms. The van der Waals surface area contributed by atoms with Crippen LogP contribution in [0.5, 0.6) is 0 Å². The summed E-state index contributed by atoms with van der Waals surface area (Å²) < 4.78 is 2.12. The summed E-state index contributed by atoms with van der Waals surface area (Å²) in [6.07, 6.45) is 1.93. The molecule has 2 aromatic carbocycles. The van der Waals surface area contributed by atoms with Gasteiger partial charge in [0.25, 0.3) is 5.91 Å². The lowest BCUT2D eigenvalue weighted by Crippen LogP contribution is -2.27. The first kappa shape index (κ1) is 16.9. The van der Waals surface area contributed by atoms with Gasteiger partial charge in [-0.05, 0) is 68.1 Å². The van der Waals surface area contributed by atoms with Gasteiger partial charge in [0.05, 0.1) is 16.6 Å². The number of nitrogens with zero attached hydrogens (tertiary/aromatic N) is 1. The van der Waals surface area contributed by atoms with E-state index >= 15 is 0 Å². The fraction of sp³-hybridized carbons (Fsp3) is 0.227. The molecule has 0 bridgehead atoms. The van der Waals surface area contributed by atoms with Crippen LogP contribution in [0.3, 0.4) is 0 Å². The fourth-order valence-corrected chi connectivity index (χ4v) is 4.05. The predicted molar refractivity (Wildman–Crippen MR) is 105 cm³/mol. The van der Waals surface area contributed by atoms with Crippen LogP contribution in [0.1, 0.15) is 45.3 Å². The average Bonchev–Trinajstić information content (AvgIpc) is 3.19. The molecule has 1 N–H and O–H groups in total. The number of aryl methyl sites for hydroxylation is 3. The van der Waals surface area contributed by atoms with E-state index in [1.165, 1.54) is 11.1 Å². The highest BCUT2D eigenvalue weighted by molar-refractivity contribution is 6.33. The van der Waals surface area contributed by atoms with Crippen molar-refractivity contribution in [1.29, 1.82) is 0 Å². The minimum absolute atomic E-state index is 0.0495. The molecule has 0 aliphatic heterocycles. The van der Waals surface area contributed by atoms with E-state index in [2.05, 4.69) is 48.0 Å². The molecule has 0 radical (unpaired) electrons. The topological polar surface area (TPSA) is 34.0 Å². The minimum atomic E-state index is -0.124. The van der Waals surface area contributed by atoms with Crippen molar-refractivity contribution in [3.63, 3.8) is 0 Å². The zero-order valence-electron chi connectivity index (χ0n) is 14.9. The molecule has 0 saturated heterocycles. The second-order valence-corrected chi connectivity index (χ2v) is 7.29. The average molecular weight is 365 g/mol. The Bertz CT molecular complexity index is 970. The van der Waals surface area contributed by atoms with Gasteiger partial charge in [0.1, 0.15) is 0 Å². The Balaban J connectivity index is 1.64. The Morgan fingerprint density at radius 2 is 1.81 bits per heavy atom. The van der Waals surface area contributed by atoms with Gasteiger partial charge in [-0.2, -0.15) is 0 Å². The van der Waals surface area contributed by atoms with E-state index in [0.29, 0.717) is 10.6 Å². The number of halogens is 1. The highest BCUT2D eigenvalue weighted by atomic mass is 35.5. The molecule has 1 atom stereocenters. The summed E-state index contributed by atoms with van der Waals surface area (Å²) in [6, 6.07) is 18.1. The summed E-state index contributed by atoms with van der Waals surface area (Å²) in [6.45, 7) is 4.10. The van der Waals surface area contributed by atoms with Gasteiger partial charge in [0.15, 0.2) is 0 Å². The Hall–Kier alpha value is -2.52. The van der Waals surface area contributed by atoms with Crippen LogP contribution in [0, 0.1) is 13.8 Å². The molecular formula is C22H21ClN2O. The third-order valence-electron chi connectivity index (χ3n) is 5.16. The van der Waals surface area contributed by atoms with Gasteiger partial charge < -0.3 is 9.88 Å². The lowest BCUT2D eigenvalue weighted by Gasteiger charge is -2.16. The van der Waals surface area contributed by atoms with Crippen molar-refractivity contribution in [3.05, 3.63) is 87.7 Å². The molecule has 1 aliphatic rings. The van der Waals surface area contributed by atoms with Crippen LogP contribution in [0.25, 0.3) is 5.69 Å². The Kier molecular flexibility index (Phi) is 4.33. The van der Waals surface area contributed by atoms with Crippen LogP contribution in [-0.4, -0.2) is 10.5 Å². The van der Waals surface area contributed by atoms with Crippen molar-refractivity contribution in [3.8, 4) is 5.69 Å². The Labute approximate surface area is 158 Å². The summed E-state index contributed by atoms with van der Waals surface area (Å²) in [5.74, 6) is -0.124. The number of rotatable bonds is 3. The molecule has 4 rings (SSSR count). The summed E-state index contributed by atoms with van der Waals surface area (Å²) in [7, 11) is 0. The molecule has 0 saturated carbocycles. The van der Waals surface area contributed by atoms with Crippen molar-refractivity contribution in [1.82, 2.24) is 9.88 Å². The normalized spacial score (nSPS) is 15.7. The standard InChI is InChI=1S/C22H21ClN2O/c1-14-7-8-15(2)25(14)17-10-11-20(23)19(13-17)22(26)24-21-12-9-16-5-3-4-6-18(16)21/h3-8,10-11,13,21H,9,12H2,1-2H3,(H,24,26). The second-order valence-electron chi connectivity index (χ2n) is 6.88. The number of benzene rings is 2. The molecule has 132 valence electrons. The van der Waals surface area contributed by atoms with Crippen molar-refractivity contribution in [2.75, 3.05) is 0 Å². The van der Waals surface area contributed by atoms with Crippen molar-refractivity contribution in [2.45, 2.75) is 32.7 Å². The van der Waals surface area contributed by atoms with E-state index in [1.807, 2.05) is 24.3 Å². The molecule has 3 nitrogen and oxygen atoms in total. The van der Waals surface area contributed by atoms with Gasteiger partial charge in [0, 0.05) is 17.1 Å². The molecule has 1 unspecified atom stereocenters. The van der Waals surface area contributed by atoms with Crippen LogP contribution in [0.15, 0.2) is 54.6 Å². The monoisotopic (exact) mass is 364 g/mol. The summed E-state index contributed by atoms with van der Waals surface area (Å²) in [5, 5.41) is 3.63. The first-order chi connectivity index (χ1) is 12.5. The first-order valence-corrected chi connectivity index (χ1v) is 9.26. The van der Waals surface area contributed by atoms with E-state index in [0.717, 1.165) is 29.9 Å². The van der Waals surface area contributed by atoms with Crippen molar-refractivity contribution in [2.24, 2.45) is 0 Å². The van der Waals surface area contributed by atoms with E-state index < -0.39 is 0 Å². The van der Waals surface area contributed by atoms with Gasteiger partial charge in [-0.1, -0.05) is 35.9 Å². The maximum Gasteiger partial charge on any atom is 0.253 e. The quantitative estimate of drug-likeness (QED) is 0.683. The van der Waals surface area contributed by atoms with Crippen LogP contribution in [0.2, 0.25) is 5.02 Å². The summed E-state index contributed by atoms with van der Waals surface area (Å²) in [5.41, 5.74) is 6.25. The smallest absolute Gasteiger partial charge is 0.253 e. The second kappa shape index (κ2) is 6.65. The molecule has 0 fully saturated rings. The zero-order chi connectivity index (χ0) is 18.3. The zero-order valence-corrected chi connectivity index (χ0v) is 15.7. The molecule has 1 aromatic heterocycles. The molecule has 0 spiro atoms. The van der Waals surface area contributed by atoms with E-state index in [-0.39, 0.29) is 11.9 Å². The van der Waals surface area contributed by atoms with Crippen LogP contribution in [0.4, 0.5) is 0 Å². The third-order valence-corrected chi connectivity index (χ3v) is 5.49. The first-order valence-electron chi connectivity index (χ1n) is 8.88. The highest BCUT2D eigenvalue weighted by Gasteiger charge is 2.24. The van der Waals surface area contributed by atoms with Crippen LogP contribution >= 0.6 is 11.6 Å². The van der Waals surface area contributed by atoms with E-state index in [9.17, 15) is 4.79 Å². The number of hydrogen-bond donors (Lipinski definition) is 1. The Morgan fingerprint density at radius 3 is 2.58 bits per heavy atom. The molecule has 1 aliphatic carbocycles. The van der Waals surface area contributed by atoms with Crippen LogP contribution in [-0.2, 0) is 6.42 Å². The molecule has 1 amide bonds. The van der Waals surface area contributed by atoms with Gasteiger partial charge in [-0.15, -0.1) is 0 Å². The maximum absolute atomic E-state index is 12.9. The van der Waals surface area contributed by atoms with Gasteiger partial charge in [-0.25, -0.2) is 0 Å². The fourth-order valence-electron chi connectivity index (χ4n) is 3.85. The highest BCUT2D eigenvalue weighted by Crippen LogP contribution is 2.31. The lowest BCUT2D eigenvalue weighted by atomic mass is 10.1. The SMILES string of the molecule is Cc1ccc(C)n1-c1ccc(Cl)c(C(=O)NC2CCc3ccccc32)c1. The number of carbonyl (C=O) groups excluding carboxylic acids is 1. The van der Waals surface area contributed by atoms with Gasteiger partial charge in [0.2, 0.25) is 0 Å². The number of nitrogens with one attached hydrogen (secondary N) is 1. The number of aromatic nitrogens is 1. The summed E-state index contributed by atoms with van der Waals surface area (Å²) in [4.78, 5) is 12.9. The van der Waals surface area contributed by atoms with E-state index in [1.54, 1.807) is 6.07 Å². The predicted octanol–water partition coefficient (Wildman–Crippen LogP) is 5.16. The number of fused-ring (bicyclic) bond motifs is 1. The largest absolute Gasteiger partial charge is 0.345 e. The number of carbonyl (C=O) groups is 1. The third kappa shape index (κ3) is 2.93. The van der Waals surface area contributed by atoms with Crippen molar-refractivity contribution >= 4 is 17.5 Å². The molecule has 26 heavy (non-hydrogen) atoms. The lowest BCUT2D eigenvalue weighted by molar-refractivity contribution is 0.0937. The summed E-state index contributed by atoms with van der Waals surface area (Å²) >= 11 is 6.35. The molecule has 3 aromatic rings. The number of hydrogen-bond acceptors (Lipinski definition) is 1. The maximum atomic E-state index is 12.9. The molecular weight excluding hydrogens is 344 g/mol. The van der Waals surface area contributed by atoms with E-state index in [4.69, 9.17) is 11.6 Å². The Morgan fingerprint density at radius 1 is 1.08 bits per heavy atom. The van der Waals surface area contributed by atoms with Crippen LogP contribution < -0.4 is 5.32 Å².